The number of aromatic nitrogens is 2. The summed E-state index contributed by atoms with van der Waals surface area (Å²) in [6, 6.07) is 17.6. The third-order valence-corrected chi connectivity index (χ3v) is 5.51. The minimum atomic E-state index is -0.135. The van der Waals surface area contributed by atoms with Gasteiger partial charge in [-0.2, -0.15) is 5.10 Å². The number of benzene rings is 2. The first-order chi connectivity index (χ1) is 15.5. The van der Waals surface area contributed by atoms with Crippen LogP contribution in [0.5, 0.6) is 5.75 Å². The molecule has 0 saturated heterocycles. The molecule has 2 amide bonds. The molecule has 7 heteroatoms. The molecular weight excluding hydrogens is 404 g/mol. The second kappa shape index (κ2) is 9.68. The zero-order valence-corrected chi connectivity index (χ0v) is 18.5. The van der Waals surface area contributed by atoms with E-state index in [0.717, 1.165) is 28.2 Å². The highest BCUT2D eigenvalue weighted by atomic mass is 16.5. The quantitative estimate of drug-likeness (QED) is 0.621. The molecule has 1 aliphatic heterocycles. The van der Waals surface area contributed by atoms with Crippen LogP contribution in [0.2, 0.25) is 0 Å². The number of hydrogen-bond donors (Lipinski definition) is 1. The van der Waals surface area contributed by atoms with Gasteiger partial charge in [0.15, 0.2) is 0 Å². The van der Waals surface area contributed by atoms with E-state index in [1.54, 1.807) is 4.90 Å². The van der Waals surface area contributed by atoms with Crippen LogP contribution in [0, 0.1) is 13.8 Å². The van der Waals surface area contributed by atoms with Crippen LogP contribution in [0.25, 0.3) is 0 Å². The molecule has 1 aromatic heterocycles. The van der Waals surface area contributed by atoms with Gasteiger partial charge in [0.1, 0.15) is 12.4 Å². The van der Waals surface area contributed by atoms with Crippen LogP contribution in [0.3, 0.4) is 0 Å². The zero-order valence-electron chi connectivity index (χ0n) is 18.5. The Hall–Kier alpha value is -3.61. The molecule has 1 aliphatic rings. The summed E-state index contributed by atoms with van der Waals surface area (Å²) in [6.07, 6.45) is 0.321. The van der Waals surface area contributed by atoms with Crippen molar-refractivity contribution in [3.63, 3.8) is 0 Å². The van der Waals surface area contributed by atoms with Crippen molar-refractivity contribution in [3.8, 4) is 5.75 Å². The fourth-order valence-electron chi connectivity index (χ4n) is 3.92. The van der Waals surface area contributed by atoms with Crippen LogP contribution in [0.15, 0.2) is 54.6 Å². The molecule has 0 spiro atoms. The topological polar surface area (TPSA) is 76.5 Å². The van der Waals surface area contributed by atoms with E-state index in [2.05, 4.69) is 28.6 Å². The fraction of sp³-hybridized carbons (Fsp3) is 0.320. The summed E-state index contributed by atoms with van der Waals surface area (Å²) >= 11 is 0. The molecule has 2 heterocycles. The molecule has 0 saturated carbocycles. The molecule has 0 fully saturated rings. The standard InChI is InChI=1S/C25H28N4O3/c1-18-14-19(2)29(27-18)17-21-7-5-6-20(15-21)16-26-24(30)10-11-25(31)28-12-13-32-23-9-4-3-8-22(23)28/h3-9,14-15H,10-13,16-17H2,1-2H3,(H,26,30). The molecule has 0 aliphatic carbocycles. The number of anilines is 1. The Balaban J connectivity index is 1.27. The molecule has 32 heavy (non-hydrogen) atoms. The van der Waals surface area contributed by atoms with Gasteiger partial charge in [0, 0.05) is 25.1 Å². The number of amides is 2. The predicted octanol–water partition coefficient (Wildman–Crippen LogP) is 3.37. The second-order valence-corrected chi connectivity index (χ2v) is 8.04. The summed E-state index contributed by atoms with van der Waals surface area (Å²) in [4.78, 5) is 26.7. The first kappa shape index (κ1) is 21.6. The van der Waals surface area contributed by atoms with Crippen molar-refractivity contribution in [3.05, 3.63) is 77.1 Å². The van der Waals surface area contributed by atoms with Gasteiger partial charge >= 0.3 is 0 Å². The number of rotatable bonds is 7. The number of nitrogens with one attached hydrogen (secondary N) is 1. The summed E-state index contributed by atoms with van der Waals surface area (Å²) in [5, 5.41) is 7.43. The number of aryl methyl sites for hydroxylation is 2. The molecule has 0 atom stereocenters. The lowest BCUT2D eigenvalue weighted by Gasteiger charge is -2.29. The minimum absolute atomic E-state index is 0.0669. The Morgan fingerprint density at radius 3 is 2.66 bits per heavy atom. The second-order valence-electron chi connectivity index (χ2n) is 8.04. The summed E-state index contributed by atoms with van der Waals surface area (Å²) in [5.41, 5.74) is 5.04. The molecule has 1 N–H and O–H groups in total. The smallest absolute Gasteiger partial charge is 0.227 e. The van der Waals surface area contributed by atoms with Crippen molar-refractivity contribution in [1.82, 2.24) is 15.1 Å². The van der Waals surface area contributed by atoms with E-state index in [-0.39, 0.29) is 24.7 Å². The van der Waals surface area contributed by atoms with Crippen LogP contribution in [0.1, 0.15) is 35.4 Å². The van der Waals surface area contributed by atoms with Gasteiger partial charge in [-0.1, -0.05) is 36.4 Å². The van der Waals surface area contributed by atoms with Crippen molar-refractivity contribution >= 4 is 17.5 Å². The maximum atomic E-state index is 12.7. The summed E-state index contributed by atoms with van der Waals surface area (Å²) < 4.78 is 7.57. The van der Waals surface area contributed by atoms with Gasteiger partial charge in [0.25, 0.3) is 0 Å². The fourth-order valence-corrected chi connectivity index (χ4v) is 3.92. The molecule has 4 rings (SSSR count). The van der Waals surface area contributed by atoms with E-state index in [9.17, 15) is 9.59 Å². The van der Waals surface area contributed by atoms with Gasteiger partial charge in [0.05, 0.1) is 24.5 Å². The van der Waals surface area contributed by atoms with Gasteiger partial charge in [0.2, 0.25) is 11.8 Å². The van der Waals surface area contributed by atoms with Crippen LogP contribution < -0.4 is 15.0 Å². The molecule has 0 bridgehead atoms. The average Bonchev–Trinajstić information content (AvgIpc) is 3.12. The molecule has 0 radical (unpaired) electrons. The highest BCUT2D eigenvalue weighted by Crippen LogP contribution is 2.31. The van der Waals surface area contributed by atoms with E-state index in [4.69, 9.17) is 4.74 Å². The Bertz CT molecular complexity index is 1120. The van der Waals surface area contributed by atoms with Gasteiger partial charge in [-0.15, -0.1) is 0 Å². The molecule has 166 valence electrons. The number of carbonyl (C=O) groups excluding carboxylic acids is 2. The third-order valence-electron chi connectivity index (χ3n) is 5.51. The number of hydrogen-bond acceptors (Lipinski definition) is 4. The van der Waals surface area contributed by atoms with Crippen LogP contribution in [-0.4, -0.2) is 34.7 Å². The van der Waals surface area contributed by atoms with Gasteiger partial charge < -0.3 is 15.0 Å². The molecule has 7 nitrogen and oxygen atoms in total. The number of fused-ring (bicyclic) bond motifs is 1. The first-order valence-corrected chi connectivity index (χ1v) is 10.9. The van der Waals surface area contributed by atoms with Crippen molar-refractivity contribution < 1.29 is 14.3 Å². The monoisotopic (exact) mass is 432 g/mol. The number of nitrogens with zero attached hydrogens (tertiary/aromatic N) is 3. The van der Waals surface area contributed by atoms with Crippen LogP contribution in [-0.2, 0) is 22.7 Å². The van der Waals surface area contributed by atoms with E-state index >= 15 is 0 Å². The number of para-hydroxylation sites is 2. The number of ether oxygens (including phenoxy) is 1. The van der Waals surface area contributed by atoms with E-state index in [1.807, 2.05) is 54.9 Å². The lowest BCUT2D eigenvalue weighted by Crippen LogP contribution is -2.38. The number of carbonyl (C=O) groups is 2. The molecule has 3 aromatic rings. The SMILES string of the molecule is Cc1cc(C)n(Cc2cccc(CNC(=O)CCC(=O)N3CCOc4ccccc43)c2)n1. The van der Waals surface area contributed by atoms with E-state index in [0.29, 0.717) is 32.0 Å². The average molecular weight is 433 g/mol. The van der Waals surface area contributed by atoms with Crippen molar-refractivity contribution in [2.45, 2.75) is 39.8 Å². The third kappa shape index (κ3) is 5.17. The van der Waals surface area contributed by atoms with E-state index < -0.39 is 0 Å². The normalized spacial score (nSPS) is 12.8. The maximum absolute atomic E-state index is 12.7. The van der Waals surface area contributed by atoms with Gasteiger partial charge in [-0.25, -0.2) is 0 Å². The van der Waals surface area contributed by atoms with Gasteiger partial charge in [-0.3, -0.25) is 14.3 Å². The highest BCUT2D eigenvalue weighted by molar-refractivity contribution is 5.97. The lowest BCUT2D eigenvalue weighted by atomic mass is 10.1. The Morgan fingerprint density at radius 2 is 1.84 bits per heavy atom. The van der Waals surface area contributed by atoms with Crippen molar-refractivity contribution in [2.75, 3.05) is 18.1 Å². The van der Waals surface area contributed by atoms with E-state index in [1.165, 1.54) is 0 Å². The molecular formula is C25H28N4O3. The molecule has 0 unspecified atom stereocenters. The van der Waals surface area contributed by atoms with Crippen molar-refractivity contribution in [2.24, 2.45) is 0 Å². The van der Waals surface area contributed by atoms with Crippen LogP contribution >= 0.6 is 0 Å². The molecule has 2 aromatic carbocycles. The van der Waals surface area contributed by atoms with Crippen LogP contribution in [0.4, 0.5) is 5.69 Å². The minimum Gasteiger partial charge on any atom is -0.490 e. The first-order valence-electron chi connectivity index (χ1n) is 10.9. The largest absolute Gasteiger partial charge is 0.490 e. The summed E-state index contributed by atoms with van der Waals surface area (Å²) in [5.74, 6) is 0.503. The summed E-state index contributed by atoms with van der Waals surface area (Å²) in [6.45, 7) is 6.11. The maximum Gasteiger partial charge on any atom is 0.227 e. The van der Waals surface area contributed by atoms with Crippen molar-refractivity contribution in [1.29, 1.82) is 0 Å². The predicted molar refractivity (Wildman–Crippen MR) is 123 cm³/mol. The Morgan fingerprint density at radius 1 is 1.03 bits per heavy atom. The summed E-state index contributed by atoms with van der Waals surface area (Å²) in [7, 11) is 0. The Labute approximate surface area is 188 Å². The Kier molecular flexibility index (Phi) is 6.54. The van der Waals surface area contributed by atoms with Gasteiger partial charge in [-0.05, 0) is 43.2 Å². The zero-order chi connectivity index (χ0) is 22.5. The highest BCUT2D eigenvalue weighted by Gasteiger charge is 2.23. The lowest BCUT2D eigenvalue weighted by molar-refractivity contribution is -0.125.